The van der Waals surface area contributed by atoms with Crippen molar-refractivity contribution in [3.8, 4) is 0 Å². The highest BCUT2D eigenvalue weighted by Crippen LogP contribution is 2.29. The van der Waals surface area contributed by atoms with E-state index >= 15 is 0 Å². The third-order valence-corrected chi connectivity index (χ3v) is 3.74. The molecule has 0 spiro atoms. The van der Waals surface area contributed by atoms with Crippen molar-refractivity contribution in [3.05, 3.63) is 10.9 Å². The molecule has 0 bridgehead atoms. The van der Waals surface area contributed by atoms with Crippen molar-refractivity contribution < 1.29 is 4.79 Å². The van der Waals surface area contributed by atoms with E-state index < -0.39 is 0 Å². The van der Waals surface area contributed by atoms with Crippen LogP contribution in [0, 0.1) is 0 Å². The summed E-state index contributed by atoms with van der Waals surface area (Å²) in [5.41, 5.74) is 6.39. The number of unbranched alkanes of at least 4 members (excludes halogenated alkanes) is 3. The average molecular weight is 269 g/mol. The number of hydrogen-bond donors (Lipinski definition) is 3. The second-order valence-electron chi connectivity index (χ2n) is 4.24. The van der Waals surface area contributed by atoms with Crippen LogP contribution in [-0.4, -0.2) is 19.0 Å². The molecule has 1 aromatic heterocycles. The molecule has 0 aliphatic rings. The summed E-state index contributed by atoms with van der Waals surface area (Å²) in [5.74, 6) is -0.0842. The van der Waals surface area contributed by atoms with Crippen LogP contribution in [0.15, 0.2) is 6.07 Å². The van der Waals surface area contributed by atoms with Crippen LogP contribution in [0.25, 0.3) is 0 Å². The highest BCUT2D eigenvalue weighted by Gasteiger charge is 2.13. The largest absolute Gasteiger partial charge is 0.397 e. The van der Waals surface area contributed by atoms with E-state index in [-0.39, 0.29) is 5.91 Å². The topological polar surface area (TPSA) is 67.1 Å². The van der Waals surface area contributed by atoms with E-state index in [1.165, 1.54) is 30.6 Å². The smallest absolute Gasteiger partial charge is 0.263 e. The van der Waals surface area contributed by atoms with Crippen molar-refractivity contribution in [3.63, 3.8) is 0 Å². The summed E-state index contributed by atoms with van der Waals surface area (Å²) in [7, 11) is 0. The molecule has 0 aliphatic carbocycles. The predicted molar refractivity (Wildman–Crippen MR) is 79.4 cm³/mol. The van der Waals surface area contributed by atoms with Crippen molar-refractivity contribution in [1.82, 2.24) is 5.32 Å². The number of carbonyl (C=O) groups excluding carboxylic acids is 1. The first-order valence-corrected chi connectivity index (χ1v) is 7.42. The molecule has 4 nitrogen and oxygen atoms in total. The third kappa shape index (κ3) is 4.56. The molecular formula is C13H23N3OS. The molecule has 5 heteroatoms. The summed E-state index contributed by atoms with van der Waals surface area (Å²) in [4.78, 5) is 12.3. The first kappa shape index (κ1) is 14.8. The van der Waals surface area contributed by atoms with Gasteiger partial charge in [-0.15, -0.1) is 11.3 Å². The van der Waals surface area contributed by atoms with Gasteiger partial charge in [-0.25, -0.2) is 0 Å². The van der Waals surface area contributed by atoms with Gasteiger partial charge in [0.25, 0.3) is 5.91 Å². The van der Waals surface area contributed by atoms with E-state index in [0.717, 1.165) is 18.0 Å². The van der Waals surface area contributed by atoms with E-state index in [4.69, 9.17) is 5.73 Å². The van der Waals surface area contributed by atoms with Crippen LogP contribution >= 0.6 is 11.3 Å². The van der Waals surface area contributed by atoms with E-state index in [2.05, 4.69) is 17.6 Å². The van der Waals surface area contributed by atoms with Gasteiger partial charge in [0.1, 0.15) is 4.88 Å². The van der Waals surface area contributed by atoms with Crippen LogP contribution in [0.5, 0.6) is 0 Å². The van der Waals surface area contributed by atoms with Crippen LogP contribution in [0.2, 0.25) is 0 Å². The number of amides is 1. The van der Waals surface area contributed by atoms with Crippen molar-refractivity contribution in [2.24, 2.45) is 0 Å². The van der Waals surface area contributed by atoms with Gasteiger partial charge >= 0.3 is 0 Å². The molecular weight excluding hydrogens is 246 g/mol. The van der Waals surface area contributed by atoms with Gasteiger partial charge in [-0.1, -0.05) is 26.2 Å². The first-order valence-electron chi connectivity index (χ1n) is 6.60. The maximum absolute atomic E-state index is 11.7. The molecule has 1 rings (SSSR count). The zero-order chi connectivity index (χ0) is 13.4. The van der Waals surface area contributed by atoms with Gasteiger partial charge in [-0.2, -0.15) is 0 Å². The predicted octanol–water partition coefficient (Wildman–Crippen LogP) is 3.07. The van der Waals surface area contributed by atoms with Crippen molar-refractivity contribution in [1.29, 1.82) is 0 Å². The standard InChI is InChI=1S/C13H23N3OS/c1-3-5-6-7-8-16-11-9-10(14)12(18-11)13(17)15-4-2/h9,16H,3-8,14H2,1-2H3,(H,15,17). The Labute approximate surface area is 113 Å². The van der Waals surface area contributed by atoms with E-state index in [9.17, 15) is 4.79 Å². The number of thiophene rings is 1. The number of nitrogen functional groups attached to an aromatic ring is 1. The Morgan fingerprint density at radius 2 is 2.11 bits per heavy atom. The van der Waals surface area contributed by atoms with E-state index in [1.54, 1.807) is 0 Å². The van der Waals surface area contributed by atoms with Gasteiger partial charge in [-0.3, -0.25) is 4.79 Å². The van der Waals surface area contributed by atoms with E-state index in [1.807, 2.05) is 13.0 Å². The fourth-order valence-corrected chi connectivity index (χ4v) is 2.60. The van der Waals surface area contributed by atoms with Crippen LogP contribution in [-0.2, 0) is 0 Å². The molecule has 0 aromatic carbocycles. The quantitative estimate of drug-likeness (QED) is 0.635. The minimum atomic E-state index is -0.0842. The monoisotopic (exact) mass is 269 g/mol. The number of nitrogens with two attached hydrogens (primary N) is 1. The lowest BCUT2D eigenvalue weighted by Crippen LogP contribution is -2.22. The SMILES string of the molecule is CCCCCCNc1cc(N)c(C(=O)NCC)s1. The maximum Gasteiger partial charge on any atom is 0.263 e. The molecule has 1 amide bonds. The Morgan fingerprint density at radius 1 is 1.33 bits per heavy atom. The highest BCUT2D eigenvalue weighted by molar-refractivity contribution is 7.18. The number of carbonyl (C=O) groups is 1. The molecule has 0 saturated carbocycles. The van der Waals surface area contributed by atoms with Gasteiger partial charge in [0.15, 0.2) is 0 Å². The Kier molecular flexibility index (Phi) is 6.57. The lowest BCUT2D eigenvalue weighted by atomic mass is 10.2. The molecule has 0 unspecified atom stereocenters. The molecule has 0 radical (unpaired) electrons. The first-order chi connectivity index (χ1) is 8.69. The second kappa shape index (κ2) is 7.97. The molecule has 1 aromatic rings. The van der Waals surface area contributed by atoms with Gasteiger partial charge in [0, 0.05) is 13.1 Å². The summed E-state index contributed by atoms with van der Waals surface area (Å²) in [6.07, 6.45) is 4.92. The molecule has 1 heterocycles. The normalized spacial score (nSPS) is 10.3. The van der Waals surface area contributed by atoms with Crippen LogP contribution in [0.3, 0.4) is 0 Å². The second-order valence-corrected chi connectivity index (χ2v) is 5.29. The minimum absolute atomic E-state index is 0.0842. The van der Waals surface area contributed by atoms with Crippen molar-refractivity contribution in [2.75, 3.05) is 24.1 Å². The minimum Gasteiger partial charge on any atom is -0.397 e. The molecule has 0 aliphatic heterocycles. The fourth-order valence-electron chi connectivity index (χ4n) is 1.67. The molecule has 0 fully saturated rings. The van der Waals surface area contributed by atoms with E-state index in [0.29, 0.717) is 17.1 Å². The Bertz CT molecular complexity index is 376. The molecule has 102 valence electrons. The van der Waals surface area contributed by atoms with Gasteiger partial charge < -0.3 is 16.4 Å². The van der Waals surface area contributed by atoms with Crippen LogP contribution < -0.4 is 16.4 Å². The van der Waals surface area contributed by atoms with Gasteiger partial charge in [0.05, 0.1) is 10.7 Å². The van der Waals surface area contributed by atoms with Gasteiger partial charge in [-0.05, 0) is 19.4 Å². The summed E-state index contributed by atoms with van der Waals surface area (Å²) in [5, 5.41) is 7.06. The number of hydrogen-bond acceptors (Lipinski definition) is 4. The summed E-state index contributed by atoms with van der Waals surface area (Å²) < 4.78 is 0. The molecule has 18 heavy (non-hydrogen) atoms. The Balaban J connectivity index is 2.43. The highest BCUT2D eigenvalue weighted by atomic mass is 32.1. The lowest BCUT2D eigenvalue weighted by Gasteiger charge is -2.02. The fraction of sp³-hybridized carbons (Fsp3) is 0.615. The van der Waals surface area contributed by atoms with Crippen LogP contribution in [0.4, 0.5) is 10.7 Å². The number of anilines is 2. The van der Waals surface area contributed by atoms with Crippen molar-refractivity contribution >= 4 is 27.9 Å². The number of nitrogens with one attached hydrogen (secondary N) is 2. The third-order valence-electron chi connectivity index (χ3n) is 2.63. The Hall–Kier alpha value is -1.23. The lowest BCUT2D eigenvalue weighted by molar-refractivity contribution is 0.0960. The summed E-state index contributed by atoms with van der Waals surface area (Å²) in [6.45, 7) is 5.66. The maximum atomic E-state index is 11.7. The summed E-state index contributed by atoms with van der Waals surface area (Å²) in [6, 6.07) is 1.84. The van der Waals surface area contributed by atoms with Crippen LogP contribution in [0.1, 0.15) is 49.2 Å². The summed E-state index contributed by atoms with van der Waals surface area (Å²) >= 11 is 1.42. The molecule has 0 saturated heterocycles. The molecule has 4 N–H and O–H groups in total. The molecule has 0 atom stereocenters. The zero-order valence-electron chi connectivity index (χ0n) is 11.2. The van der Waals surface area contributed by atoms with Gasteiger partial charge in [0.2, 0.25) is 0 Å². The van der Waals surface area contributed by atoms with Crippen molar-refractivity contribution in [2.45, 2.75) is 39.5 Å². The average Bonchev–Trinajstić information content (AvgIpc) is 2.71. The number of rotatable bonds is 8. The zero-order valence-corrected chi connectivity index (χ0v) is 12.0. The Morgan fingerprint density at radius 3 is 2.78 bits per heavy atom.